The van der Waals surface area contributed by atoms with Crippen LogP contribution in [0.2, 0.25) is 0 Å². The van der Waals surface area contributed by atoms with Crippen LogP contribution in [0.1, 0.15) is 50.7 Å². The number of fused-ring (bicyclic) bond motifs is 1. The van der Waals surface area contributed by atoms with Gasteiger partial charge in [-0.15, -0.1) is 0 Å². The standard InChI is InChI=1S/C15H24N4/c1-7-15(6,8-2)19-10(4)9(3)12-13(16)17-11(5)18-14(12)19/h7-8H2,1-6H3,(H2,16,17,18). The molecule has 4 nitrogen and oxygen atoms in total. The first-order valence-electron chi connectivity index (χ1n) is 6.98. The lowest BCUT2D eigenvalue weighted by Gasteiger charge is -2.31. The second kappa shape index (κ2) is 4.51. The van der Waals surface area contributed by atoms with Crippen molar-refractivity contribution in [3.8, 4) is 0 Å². The number of anilines is 1. The number of aromatic nitrogens is 3. The van der Waals surface area contributed by atoms with E-state index in [9.17, 15) is 0 Å². The van der Waals surface area contributed by atoms with Gasteiger partial charge in [-0.2, -0.15) is 0 Å². The number of nitrogens with two attached hydrogens (primary N) is 1. The fraction of sp³-hybridized carbons (Fsp3) is 0.600. The lowest BCUT2D eigenvalue weighted by atomic mass is 9.95. The summed E-state index contributed by atoms with van der Waals surface area (Å²) in [7, 11) is 0. The molecule has 0 saturated carbocycles. The van der Waals surface area contributed by atoms with Crippen LogP contribution in [-0.4, -0.2) is 14.5 Å². The Morgan fingerprint density at radius 2 is 1.68 bits per heavy atom. The monoisotopic (exact) mass is 260 g/mol. The zero-order chi connectivity index (χ0) is 14.4. The minimum atomic E-state index is 0.0732. The number of aryl methyl sites for hydroxylation is 2. The van der Waals surface area contributed by atoms with Gasteiger partial charge in [0, 0.05) is 11.2 Å². The van der Waals surface area contributed by atoms with Gasteiger partial charge < -0.3 is 10.3 Å². The van der Waals surface area contributed by atoms with Gasteiger partial charge in [0.05, 0.1) is 5.39 Å². The molecule has 0 aromatic carbocycles. The maximum atomic E-state index is 6.10. The molecule has 19 heavy (non-hydrogen) atoms. The van der Waals surface area contributed by atoms with E-state index in [1.165, 1.54) is 11.3 Å². The van der Waals surface area contributed by atoms with Gasteiger partial charge in [0.25, 0.3) is 0 Å². The molecule has 0 amide bonds. The molecule has 0 aliphatic carbocycles. The SMILES string of the molecule is CCC(C)(CC)n1c(C)c(C)c2c(N)nc(C)nc21. The summed E-state index contributed by atoms with van der Waals surface area (Å²) in [5.41, 5.74) is 9.59. The predicted molar refractivity (Wildman–Crippen MR) is 80.4 cm³/mol. The van der Waals surface area contributed by atoms with Crippen molar-refractivity contribution in [3.63, 3.8) is 0 Å². The quantitative estimate of drug-likeness (QED) is 0.919. The van der Waals surface area contributed by atoms with Gasteiger partial charge in [0.1, 0.15) is 17.3 Å². The summed E-state index contributed by atoms with van der Waals surface area (Å²) in [4.78, 5) is 8.96. The minimum Gasteiger partial charge on any atom is -0.383 e. The Morgan fingerprint density at radius 3 is 2.21 bits per heavy atom. The molecule has 2 aromatic rings. The summed E-state index contributed by atoms with van der Waals surface area (Å²) in [6.45, 7) is 12.9. The van der Waals surface area contributed by atoms with Crippen LogP contribution in [0.5, 0.6) is 0 Å². The average Bonchev–Trinajstić information content (AvgIpc) is 2.61. The average molecular weight is 260 g/mol. The van der Waals surface area contributed by atoms with Crippen LogP contribution in [-0.2, 0) is 5.54 Å². The molecule has 0 fully saturated rings. The summed E-state index contributed by atoms with van der Waals surface area (Å²) < 4.78 is 2.35. The summed E-state index contributed by atoms with van der Waals surface area (Å²) in [6, 6.07) is 0. The molecule has 0 radical (unpaired) electrons. The van der Waals surface area contributed by atoms with Crippen LogP contribution >= 0.6 is 0 Å². The van der Waals surface area contributed by atoms with Crippen molar-refractivity contribution >= 4 is 16.9 Å². The normalized spacial score (nSPS) is 12.3. The maximum absolute atomic E-state index is 6.10. The molecule has 0 spiro atoms. The smallest absolute Gasteiger partial charge is 0.146 e. The van der Waals surface area contributed by atoms with Crippen molar-refractivity contribution in [1.29, 1.82) is 0 Å². The van der Waals surface area contributed by atoms with E-state index in [1.54, 1.807) is 0 Å². The first kappa shape index (κ1) is 13.8. The number of hydrogen-bond donors (Lipinski definition) is 1. The lowest BCUT2D eigenvalue weighted by Crippen LogP contribution is -2.29. The highest BCUT2D eigenvalue weighted by atomic mass is 15.1. The van der Waals surface area contributed by atoms with Crippen molar-refractivity contribution in [2.45, 2.75) is 59.9 Å². The third kappa shape index (κ3) is 1.90. The fourth-order valence-corrected chi connectivity index (χ4v) is 2.83. The van der Waals surface area contributed by atoms with E-state index < -0.39 is 0 Å². The molecule has 0 aliphatic rings. The first-order chi connectivity index (χ1) is 8.85. The minimum absolute atomic E-state index is 0.0732. The van der Waals surface area contributed by atoms with Gasteiger partial charge in [0.15, 0.2) is 0 Å². The largest absolute Gasteiger partial charge is 0.383 e. The Labute approximate surface area is 115 Å². The van der Waals surface area contributed by atoms with E-state index in [1.807, 2.05) is 6.92 Å². The van der Waals surface area contributed by atoms with Gasteiger partial charge in [-0.3, -0.25) is 0 Å². The second-order valence-corrected chi connectivity index (χ2v) is 5.60. The zero-order valence-corrected chi connectivity index (χ0v) is 12.8. The molecule has 2 heterocycles. The van der Waals surface area contributed by atoms with Crippen molar-refractivity contribution in [2.24, 2.45) is 0 Å². The Bertz CT molecular complexity index is 621. The molecule has 0 bridgehead atoms. The van der Waals surface area contributed by atoms with Crippen LogP contribution < -0.4 is 5.73 Å². The lowest BCUT2D eigenvalue weighted by molar-refractivity contribution is 0.297. The number of hydrogen-bond acceptors (Lipinski definition) is 3. The molecule has 2 rings (SSSR count). The Hall–Kier alpha value is -1.58. The third-order valence-electron chi connectivity index (χ3n) is 4.56. The molecular formula is C15H24N4. The van der Waals surface area contributed by atoms with E-state index in [-0.39, 0.29) is 5.54 Å². The van der Waals surface area contributed by atoms with E-state index in [0.717, 1.165) is 29.7 Å². The number of rotatable bonds is 3. The van der Waals surface area contributed by atoms with E-state index >= 15 is 0 Å². The van der Waals surface area contributed by atoms with Crippen LogP contribution in [0, 0.1) is 20.8 Å². The molecule has 2 aromatic heterocycles. The highest BCUT2D eigenvalue weighted by Gasteiger charge is 2.28. The molecule has 104 valence electrons. The Balaban J connectivity index is 2.92. The van der Waals surface area contributed by atoms with E-state index in [0.29, 0.717) is 5.82 Å². The molecule has 0 atom stereocenters. The molecular weight excluding hydrogens is 236 g/mol. The van der Waals surface area contributed by atoms with Gasteiger partial charge >= 0.3 is 0 Å². The summed E-state index contributed by atoms with van der Waals surface area (Å²) >= 11 is 0. The molecule has 0 saturated heterocycles. The topological polar surface area (TPSA) is 56.7 Å². The van der Waals surface area contributed by atoms with Gasteiger partial charge in [-0.1, -0.05) is 13.8 Å². The summed E-state index contributed by atoms with van der Waals surface area (Å²) in [5.74, 6) is 1.33. The second-order valence-electron chi connectivity index (χ2n) is 5.60. The van der Waals surface area contributed by atoms with Crippen molar-refractivity contribution < 1.29 is 0 Å². The van der Waals surface area contributed by atoms with Crippen molar-refractivity contribution in [2.75, 3.05) is 5.73 Å². The Kier molecular flexibility index (Phi) is 3.29. The van der Waals surface area contributed by atoms with Gasteiger partial charge in [0.2, 0.25) is 0 Å². The predicted octanol–water partition coefficient (Wildman–Crippen LogP) is 3.47. The Morgan fingerprint density at radius 1 is 1.11 bits per heavy atom. The van der Waals surface area contributed by atoms with Crippen molar-refractivity contribution in [3.05, 3.63) is 17.1 Å². The van der Waals surface area contributed by atoms with Crippen LogP contribution in [0.25, 0.3) is 11.0 Å². The van der Waals surface area contributed by atoms with Crippen LogP contribution in [0.4, 0.5) is 5.82 Å². The molecule has 0 unspecified atom stereocenters. The third-order valence-corrected chi connectivity index (χ3v) is 4.56. The molecule has 2 N–H and O–H groups in total. The first-order valence-corrected chi connectivity index (χ1v) is 6.98. The highest BCUT2D eigenvalue weighted by Crippen LogP contribution is 2.35. The summed E-state index contributed by atoms with van der Waals surface area (Å²) in [5, 5.41) is 1.01. The maximum Gasteiger partial charge on any atom is 0.146 e. The van der Waals surface area contributed by atoms with Gasteiger partial charge in [-0.05, 0) is 46.1 Å². The zero-order valence-electron chi connectivity index (χ0n) is 12.8. The van der Waals surface area contributed by atoms with Crippen LogP contribution in [0.3, 0.4) is 0 Å². The molecule has 0 aliphatic heterocycles. The number of nitrogens with zero attached hydrogens (tertiary/aromatic N) is 3. The van der Waals surface area contributed by atoms with Crippen LogP contribution in [0.15, 0.2) is 0 Å². The summed E-state index contributed by atoms with van der Waals surface area (Å²) in [6.07, 6.45) is 2.13. The number of nitrogen functional groups attached to an aromatic ring is 1. The van der Waals surface area contributed by atoms with Gasteiger partial charge in [-0.25, -0.2) is 9.97 Å². The van der Waals surface area contributed by atoms with Crippen molar-refractivity contribution in [1.82, 2.24) is 14.5 Å². The molecule has 4 heteroatoms. The fourth-order valence-electron chi connectivity index (χ4n) is 2.83. The van der Waals surface area contributed by atoms with E-state index in [2.05, 4.69) is 49.2 Å². The highest BCUT2D eigenvalue weighted by molar-refractivity contribution is 5.91. The van der Waals surface area contributed by atoms with E-state index in [4.69, 9.17) is 5.73 Å².